The molecule has 1 amide bonds. The predicted molar refractivity (Wildman–Crippen MR) is 108 cm³/mol. The number of nitrogens with zero attached hydrogens (tertiary/aromatic N) is 5. The number of halogens is 4. The van der Waals surface area contributed by atoms with Crippen LogP contribution in [0, 0.1) is 18.3 Å². The Kier molecular flexibility index (Phi) is 6.61. The normalized spacial score (nSPS) is 12.3. The fourth-order valence-electron chi connectivity index (χ4n) is 2.55. The molecule has 31 heavy (non-hydrogen) atoms. The number of hydrogen-bond acceptors (Lipinski definition) is 7. The summed E-state index contributed by atoms with van der Waals surface area (Å²) in [5, 5.41) is 16.4. The lowest BCUT2D eigenvalue weighted by molar-refractivity contribution is -0.153. The first kappa shape index (κ1) is 22.7. The molecule has 3 rings (SSSR count). The van der Waals surface area contributed by atoms with Crippen LogP contribution in [-0.2, 0) is 0 Å². The molecule has 0 aliphatic heterocycles. The molecule has 1 N–H and O–H groups in total. The molecular formula is C18H14BrF3N6O2S. The van der Waals surface area contributed by atoms with Crippen LogP contribution < -0.4 is 10.1 Å². The summed E-state index contributed by atoms with van der Waals surface area (Å²) >= 11 is 4.28. The highest BCUT2D eigenvalue weighted by molar-refractivity contribution is 9.10. The van der Waals surface area contributed by atoms with Crippen LogP contribution in [0.4, 0.5) is 13.2 Å². The lowest BCUT2D eigenvalue weighted by atomic mass is 10.2. The number of aromatic nitrogens is 4. The molecule has 0 bridgehead atoms. The Morgan fingerprint density at radius 3 is 2.81 bits per heavy atom. The Morgan fingerprint density at radius 2 is 2.16 bits per heavy atom. The van der Waals surface area contributed by atoms with Gasteiger partial charge in [-0.25, -0.2) is 9.97 Å². The van der Waals surface area contributed by atoms with Gasteiger partial charge in [0.1, 0.15) is 22.5 Å². The van der Waals surface area contributed by atoms with E-state index >= 15 is 0 Å². The number of carbonyl (C=O) groups is 1. The number of rotatable bonds is 6. The summed E-state index contributed by atoms with van der Waals surface area (Å²) in [6, 6.07) is 5.38. The number of nitriles is 1. The van der Waals surface area contributed by atoms with E-state index in [1.54, 1.807) is 13.8 Å². The van der Waals surface area contributed by atoms with Crippen molar-refractivity contribution in [3.63, 3.8) is 0 Å². The van der Waals surface area contributed by atoms with E-state index in [9.17, 15) is 18.0 Å². The van der Waals surface area contributed by atoms with Crippen molar-refractivity contribution in [2.75, 3.05) is 6.61 Å². The molecule has 0 aliphatic carbocycles. The smallest absolute Gasteiger partial charge is 0.422 e. The van der Waals surface area contributed by atoms with Crippen molar-refractivity contribution in [2.24, 2.45) is 0 Å². The van der Waals surface area contributed by atoms with Crippen molar-refractivity contribution in [2.45, 2.75) is 26.1 Å². The van der Waals surface area contributed by atoms with E-state index in [1.165, 1.54) is 29.1 Å². The van der Waals surface area contributed by atoms with E-state index in [1.807, 2.05) is 6.07 Å². The van der Waals surface area contributed by atoms with Crippen molar-refractivity contribution in [3.05, 3.63) is 51.0 Å². The zero-order valence-corrected chi connectivity index (χ0v) is 18.5. The maximum absolute atomic E-state index is 12.7. The topological polar surface area (TPSA) is 106 Å². The van der Waals surface area contributed by atoms with Gasteiger partial charge in [-0.3, -0.25) is 4.79 Å². The highest BCUT2D eigenvalue weighted by Gasteiger charge is 2.28. The van der Waals surface area contributed by atoms with Crippen LogP contribution in [0.5, 0.6) is 5.75 Å². The molecule has 0 aliphatic rings. The fraction of sp³-hybridized carbons (Fsp3) is 0.278. The average molecular weight is 515 g/mol. The van der Waals surface area contributed by atoms with Gasteiger partial charge in [0, 0.05) is 10.0 Å². The van der Waals surface area contributed by atoms with Crippen molar-refractivity contribution >= 4 is 33.2 Å². The number of aryl methyl sites for hydroxylation is 1. The van der Waals surface area contributed by atoms with Gasteiger partial charge in [0.15, 0.2) is 12.4 Å². The van der Waals surface area contributed by atoms with Crippen LogP contribution in [0.2, 0.25) is 0 Å². The minimum Gasteiger partial charge on any atom is -0.484 e. The Bertz CT molecular complexity index is 1150. The maximum Gasteiger partial charge on any atom is 0.422 e. The molecule has 13 heteroatoms. The molecule has 162 valence electrons. The van der Waals surface area contributed by atoms with Crippen molar-refractivity contribution in [3.8, 4) is 17.0 Å². The van der Waals surface area contributed by atoms with E-state index < -0.39 is 24.7 Å². The second-order valence-electron chi connectivity index (χ2n) is 6.32. The van der Waals surface area contributed by atoms with Gasteiger partial charge in [-0.05, 0) is 32.0 Å². The quantitative estimate of drug-likeness (QED) is 0.530. The molecule has 3 aromatic rings. The molecule has 0 saturated carbocycles. The van der Waals surface area contributed by atoms with E-state index in [-0.39, 0.29) is 11.3 Å². The second kappa shape index (κ2) is 9.03. The molecule has 0 unspecified atom stereocenters. The minimum absolute atomic E-state index is 0.0993. The third kappa shape index (κ3) is 5.80. The summed E-state index contributed by atoms with van der Waals surface area (Å²) in [7, 11) is 0. The lowest BCUT2D eigenvalue weighted by Crippen LogP contribution is -2.29. The molecule has 1 atom stereocenters. The number of carbonyl (C=O) groups excluding carboxylic acids is 1. The van der Waals surface area contributed by atoms with E-state index in [0.717, 1.165) is 11.3 Å². The van der Waals surface area contributed by atoms with Gasteiger partial charge < -0.3 is 10.1 Å². The number of alkyl halides is 3. The first-order valence-corrected chi connectivity index (χ1v) is 10.3. The SMILES string of the molecule is Cc1nc([C@H](C)NC(=O)c2cc(Br)cc(OCC(F)(F)F)c2)n(-c2ncc(C#N)s2)n1. The third-order valence-electron chi connectivity index (χ3n) is 3.79. The van der Waals surface area contributed by atoms with Crippen LogP contribution >= 0.6 is 27.3 Å². The first-order chi connectivity index (χ1) is 14.6. The summed E-state index contributed by atoms with van der Waals surface area (Å²) < 4.78 is 43.8. The van der Waals surface area contributed by atoms with Gasteiger partial charge in [-0.2, -0.15) is 23.1 Å². The maximum atomic E-state index is 12.7. The standard InChI is InChI=1S/C18H14BrF3N6O2S/c1-9(15-26-10(2)27-28(15)17-24-7-14(6-23)31-17)25-16(29)11-3-12(19)5-13(4-11)30-8-18(20,21)22/h3-5,7,9H,8H2,1-2H3,(H,25,29)/t9-/m0/s1. The Hall–Kier alpha value is -2.98. The van der Waals surface area contributed by atoms with E-state index in [2.05, 4.69) is 36.3 Å². The van der Waals surface area contributed by atoms with Gasteiger partial charge in [-0.1, -0.05) is 27.3 Å². The third-order valence-corrected chi connectivity index (χ3v) is 5.13. The molecule has 0 radical (unpaired) electrons. The highest BCUT2D eigenvalue weighted by atomic mass is 79.9. The summed E-state index contributed by atoms with van der Waals surface area (Å²) in [6.07, 6.45) is -3.09. The number of thiazole rings is 1. The van der Waals surface area contributed by atoms with Gasteiger partial charge in [0.05, 0.1) is 12.2 Å². The highest BCUT2D eigenvalue weighted by Crippen LogP contribution is 2.25. The molecule has 0 fully saturated rings. The molecule has 8 nitrogen and oxygen atoms in total. The first-order valence-electron chi connectivity index (χ1n) is 8.66. The average Bonchev–Trinajstić information content (AvgIpc) is 3.31. The Labute approximate surface area is 186 Å². The summed E-state index contributed by atoms with van der Waals surface area (Å²) in [5.41, 5.74) is 0.0993. The largest absolute Gasteiger partial charge is 0.484 e. The van der Waals surface area contributed by atoms with Gasteiger partial charge in [0.2, 0.25) is 5.13 Å². The van der Waals surface area contributed by atoms with E-state index in [4.69, 9.17) is 10.00 Å². The number of amides is 1. The molecule has 0 saturated heterocycles. The Balaban J connectivity index is 1.80. The molecule has 2 aromatic heterocycles. The predicted octanol–water partition coefficient (Wildman–Crippen LogP) is 4.10. The van der Waals surface area contributed by atoms with Crippen LogP contribution in [-0.4, -0.2) is 38.4 Å². The van der Waals surface area contributed by atoms with Crippen LogP contribution in [0.3, 0.4) is 0 Å². The van der Waals surface area contributed by atoms with Crippen molar-refractivity contribution < 1.29 is 22.7 Å². The lowest BCUT2D eigenvalue weighted by Gasteiger charge is -2.15. The van der Waals surface area contributed by atoms with Crippen LogP contribution in [0.1, 0.15) is 39.8 Å². The molecule has 2 heterocycles. The monoisotopic (exact) mass is 514 g/mol. The zero-order chi connectivity index (χ0) is 22.8. The molecule has 1 aromatic carbocycles. The van der Waals surface area contributed by atoms with Crippen LogP contribution in [0.25, 0.3) is 5.13 Å². The number of hydrogen-bond donors (Lipinski definition) is 1. The van der Waals surface area contributed by atoms with E-state index in [0.29, 0.717) is 26.1 Å². The van der Waals surface area contributed by atoms with Gasteiger partial charge in [-0.15, -0.1) is 5.10 Å². The number of ether oxygens (including phenoxy) is 1. The minimum atomic E-state index is -4.50. The summed E-state index contributed by atoms with van der Waals surface area (Å²) in [5.74, 6) is 0.174. The molecular weight excluding hydrogens is 501 g/mol. The van der Waals surface area contributed by atoms with Crippen LogP contribution in [0.15, 0.2) is 28.9 Å². The summed E-state index contributed by atoms with van der Waals surface area (Å²) in [6.45, 7) is 1.88. The van der Waals surface area contributed by atoms with Gasteiger partial charge >= 0.3 is 6.18 Å². The van der Waals surface area contributed by atoms with Crippen molar-refractivity contribution in [1.29, 1.82) is 5.26 Å². The second-order valence-corrected chi connectivity index (χ2v) is 8.25. The molecule has 0 spiro atoms. The fourth-order valence-corrected chi connectivity index (χ4v) is 3.70. The zero-order valence-electron chi connectivity index (χ0n) is 16.1. The Morgan fingerprint density at radius 1 is 1.42 bits per heavy atom. The number of nitrogens with one attached hydrogen (secondary N) is 1. The number of benzene rings is 1. The summed E-state index contributed by atoms with van der Waals surface area (Å²) in [4.78, 5) is 21.6. The van der Waals surface area contributed by atoms with Crippen molar-refractivity contribution in [1.82, 2.24) is 25.1 Å². The van der Waals surface area contributed by atoms with Gasteiger partial charge in [0.25, 0.3) is 5.91 Å².